The van der Waals surface area contributed by atoms with E-state index in [0.29, 0.717) is 5.78 Å². The van der Waals surface area contributed by atoms with Crippen molar-refractivity contribution < 1.29 is 4.79 Å². The van der Waals surface area contributed by atoms with E-state index in [2.05, 4.69) is 18.0 Å². The third-order valence-electron chi connectivity index (χ3n) is 4.02. The van der Waals surface area contributed by atoms with Crippen LogP contribution in [-0.2, 0) is 4.79 Å². The van der Waals surface area contributed by atoms with Gasteiger partial charge in [-0.1, -0.05) is 31.8 Å². The molecule has 2 heteroatoms. The maximum Gasteiger partial charge on any atom is 0.158 e. The molecule has 0 amide bonds. The number of ketones is 1. The lowest BCUT2D eigenvalue weighted by Gasteiger charge is -2.21. The van der Waals surface area contributed by atoms with Gasteiger partial charge in [0.05, 0.1) is 0 Å². The Morgan fingerprint density at radius 3 is 2.81 bits per heavy atom. The molecule has 0 aromatic rings. The van der Waals surface area contributed by atoms with Crippen LogP contribution in [0.2, 0.25) is 0 Å². The molecule has 0 bridgehead atoms. The molecule has 16 heavy (non-hydrogen) atoms. The molecule has 2 rings (SSSR count). The molecule has 1 heterocycles. The van der Waals surface area contributed by atoms with E-state index in [1.54, 1.807) is 0 Å². The van der Waals surface area contributed by atoms with Gasteiger partial charge in [0, 0.05) is 19.5 Å². The number of carbonyl (C=O) groups is 1. The van der Waals surface area contributed by atoms with Crippen molar-refractivity contribution in [1.82, 2.24) is 4.90 Å². The van der Waals surface area contributed by atoms with Gasteiger partial charge in [0.1, 0.15) is 0 Å². The SMILES string of the molecule is CN1CC=C(C(=O)CCC2CCCC2)CC1. The van der Waals surface area contributed by atoms with Crippen LogP contribution in [0.1, 0.15) is 44.9 Å². The number of likely N-dealkylation sites (N-methyl/N-ethyl adjacent to an activating group) is 1. The first kappa shape index (κ1) is 11.8. The number of rotatable bonds is 4. The predicted octanol–water partition coefficient (Wildman–Crippen LogP) is 2.79. The highest BCUT2D eigenvalue weighted by atomic mass is 16.1. The summed E-state index contributed by atoms with van der Waals surface area (Å²) < 4.78 is 0. The Morgan fingerprint density at radius 1 is 1.44 bits per heavy atom. The topological polar surface area (TPSA) is 20.3 Å². The van der Waals surface area contributed by atoms with Gasteiger partial charge in [-0.2, -0.15) is 0 Å². The molecule has 0 radical (unpaired) electrons. The van der Waals surface area contributed by atoms with Crippen molar-refractivity contribution in [2.75, 3.05) is 20.1 Å². The molecular weight excluding hydrogens is 198 g/mol. The van der Waals surface area contributed by atoms with Crippen LogP contribution in [-0.4, -0.2) is 30.8 Å². The number of hydrogen-bond acceptors (Lipinski definition) is 2. The molecule has 2 aliphatic rings. The second-order valence-corrected chi connectivity index (χ2v) is 5.35. The van der Waals surface area contributed by atoms with E-state index >= 15 is 0 Å². The first-order valence-electron chi connectivity index (χ1n) is 6.66. The van der Waals surface area contributed by atoms with Gasteiger partial charge in [0.15, 0.2) is 5.78 Å². The minimum absolute atomic E-state index is 0.417. The van der Waals surface area contributed by atoms with Crippen LogP contribution in [0, 0.1) is 5.92 Å². The van der Waals surface area contributed by atoms with Crippen LogP contribution >= 0.6 is 0 Å². The number of nitrogens with zero attached hydrogens (tertiary/aromatic N) is 1. The van der Waals surface area contributed by atoms with E-state index in [9.17, 15) is 4.79 Å². The molecule has 1 aliphatic heterocycles. The predicted molar refractivity (Wildman–Crippen MR) is 66.4 cm³/mol. The molecule has 0 N–H and O–H groups in total. The van der Waals surface area contributed by atoms with Gasteiger partial charge in [0.25, 0.3) is 0 Å². The summed E-state index contributed by atoms with van der Waals surface area (Å²) in [5.74, 6) is 1.26. The summed E-state index contributed by atoms with van der Waals surface area (Å²) in [6.45, 7) is 1.99. The van der Waals surface area contributed by atoms with Gasteiger partial charge in [-0.15, -0.1) is 0 Å². The summed E-state index contributed by atoms with van der Waals surface area (Å²) in [6.07, 6.45) is 10.5. The Balaban J connectivity index is 1.74. The highest BCUT2D eigenvalue weighted by molar-refractivity contribution is 5.95. The van der Waals surface area contributed by atoms with Gasteiger partial charge in [0.2, 0.25) is 0 Å². The van der Waals surface area contributed by atoms with Crippen molar-refractivity contribution in [1.29, 1.82) is 0 Å². The van der Waals surface area contributed by atoms with Crippen LogP contribution in [0.15, 0.2) is 11.6 Å². The molecule has 1 aliphatic carbocycles. The second kappa shape index (κ2) is 5.62. The first-order chi connectivity index (χ1) is 7.75. The van der Waals surface area contributed by atoms with E-state index in [-0.39, 0.29) is 0 Å². The lowest BCUT2D eigenvalue weighted by atomic mass is 9.95. The average molecular weight is 221 g/mol. The second-order valence-electron chi connectivity index (χ2n) is 5.35. The first-order valence-corrected chi connectivity index (χ1v) is 6.66. The van der Waals surface area contributed by atoms with Crippen molar-refractivity contribution in [3.63, 3.8) is 0 Å². The number of carbonyl (C=O) groups excluding carboxylic acids is 1. The Hall–Kier alpha value is -0.630. The summed E-state index contributed by atoms with van der Waals surface area (Å²) in [4.78, 5) is 14.2. The minimum Gasteiger partial charge on any atom is -0.302 e. The molecule has 0 aromatic carbocycles. The van der Waals surface area contributed by atoms with Gasteiger partial charge in [-0.05, 0) is 31.4 Å². The molecular formula is C14H23NO. The Kier molecular flexibility index (Phi) is 4.16. The van der Waals surface area contributed by atoms with Gasteiger partial charge < -0.3 is 4.90 Å². The summed E-state index contributed by atoms with van der Waals surface area (Å²) in [5, 5.41) is 0. The molecule has 2 nitrogen and oxygen atoms in total. The zero-order valence-corrected chi connectivity index (χ0v) is 10.4. The van der Waals surface area contributed by atoms with Gasteiger partial charge in [-0.25, -0.2) is 0 Å². The van der Waals surface area contributed by atoms with Crippen LogP contribution in [0.5, 0.6) is 0 Å². The summed E-state index contributed by atoms with van der Waals surface area (Å²) in [6, 6.07) is 0. The normalized spacial score (nSPS) is 23.4. The fourth-order valence-corrected chi connectivity index (χ4v) is 2.82. The quantitative estimate of drug-likeness (QED) is 0.727. The number of Topliss-reactive ketones (excluding diaryl/α,β-unsaturated/α-hetero) is 1. The fourth-order valence-electron chi connectivity index (χ4n) is 2.82. The van der Waals surface area contributed by atoms with Crippen molar-refractivity contribution in [2.24, 2.45) is 5.92 Å². The van der Waals surface area contributed by atoms with Crippen LogP contribution in [0.3, 0.4) is 0 Å². The molecule has 90 valence electrons. The standard InChI is InChI=1S/C14H23NO/c1-15-10-8-13(9-11-15)14(16)7-6-12-4-2-3-5-12/h8,12H,2-7,9-11H2,1H3. The van der Waals surface area contributed by atoms with E-state index in [1.165, 1.54) is 25.7 Å². The Bertz CT molecular complexity index is 276. The zero-order valence-electron chi connectivity index (χ0n) is 10.4. The van der Waals surface area contributed by atoms with E-state index in [1.807, 2.05) is 0 Å². The van der Waals surface area contributed by atoms with Gasteiger partial charge >= 0.3 is 0 Å². The van der Waals surface area contributed by atoms with Crippen molar-refractivity contribution >= 4 is 5.78 Å². The van der Waals surface area contributed by atoms with E-state index in [4.69, 9.17) is 0 Å². The monoisotopic (exact) mass is 221 g/mol. The smallest absolute Gasteiger partial charge is 0.158 e. The zero-order chi connectivity index (χ0) is 11.4. The van der Waals surface area contributed by atoms with Crippen molar-refractivity contribution in [3.8, 4) is 0 Å². The summed E-state index contributed by atoms with van der Waals surface area (Å²) in [5.41, 5.74) is 1.09. The fraction of sp³-hybridized carbons (Fsp3) is 0.786. The average Bonchev–Trinajstić information content (AvgIpc) is 2.80. The van der Waals surface area contributed by atoms with Crippen LogP contribution in [0.4, 0.5) is 0 Å². The molecule has 0 saturated heterocycles. The molecule has 1 saturated carbocycles. The summed E-state index contributed by atoms with van der Waals surface area (Å²) >= 11 is 0. The number of hydrogen-bond donors (Lipinski definition) is 0. The lowest BCUT2D eigenvalue weighted by molar-refractivity contribution is -0.116. The van der Waals surface area contributed by atoms with Crippen molar-refractivity contribution in [2.45, 2.75) is 44.9 Å². The lowest BCUT2D eigenvalue weighted by Crippen LogP contribution is -2.26. The highest BCUT2D eigenvalue weighted by Gasteiger charge is 2.19. The third-order valence-corrected chi connectivity index (χ3v) is 4.02. The molecule has 1 fully saturated rings. The largest absolute Gasteiger partial charge is 0.302 e. The Morgan fingerprint density at radius 2 is 2.19 bits per heavy atom. The molecule has 0 aromatic heterocycles. The minimum atomic E-state index is 0.417. The highest BCUT2D eigenvalue weighted by Crippen LogP contribution is 2.29. The third kappa shape index (κ3) is 3.18. The van der Waals surface area contributed by atoms with Gasteiger partial charge in [-0.3, -0.25) is 4.79 Å². The molecule has 0 unspecified atom stereocenters. The molecule has 0 atom stereocenters. The van der Waals surface area contributed by atoms with Crippen LogP contribution in [0.25, 0.3) is 0 Å². The van der Waals surface area contributed by atoms with E-state index in [0.717, 1.165) is 43.8 Å². The Labute approximate surface area is 98.7 Å². The van der Waals surface area contributed by atoms with Crippen LogP contribution < -0.4 is 0 Å². The maximum absolute atomic E-state index is 12.0. The summed E-state index contributed by atoms with van der Waals surface area (Å²) in [7, 11) is 2.11. The maximum atomic E-state index is 12.0. The molecule has 0 spiro atoms. The van der Waals surface area contributed by atoms with E-state index < -0.39 is 0 Å². The van der Waals surface area contributed by atoms with Crippen molar-refractivity contribution in [3.05, 3.63) is 11.6 Å².